The standard InChI is InChI=1S/C28H29Cl3N2O2/c1-2-3-15-32-28(35)26(17-20-7-5-4-6-8-20)33(19-21-9-12-23(29)13-10-21)27(34)18-22-11-14-24(30)25(31)16-22/h4-14,16,26H,2-3,15,17-19H2,1H3,(H,32,35). The predicted molar refractivity (Wildman–Crippen MR) is 144 cm³/mol. The van der Waals surface area contributed by atoms with E-state index in [1.165, 1.54) is 0 Å². The number of nitrogens with one attached hydrogen (secondary N) is 1. The average Bonchev–Trinajstić information content (AvgIpc) is 2.85. The minimum atomic E-state index is -0.680. The van der Waals surface area contributed by atoms with E-state index < -0.39 is 6.04 Å². The van der Waals surface area contributed by atoms with Gasteiger partial charge in [-0.05, 0) is 47.4 Å². The van der Waals surface area contributed by atoms with E-state index in [-0.39, 0.29) is 24.8 Å². The molecule has 35 heavy (non-hydrogen) atoms. The molecule has 0 aliphatic carbocycles. The molecule has 4 nitrogen and oxygen atoms in total. The summed E-state index contributed by atoms with van der Waals surface area (Å²) in [6.45, 7) is 2.91. The molecule has 184 valence electrons. The Morgan fingerprint density at radius 2 is 1.54 bits per heavy atom. The molecule has 0 aliphatic rings. The third kappa shape index (κ3) is 8.28. The van der Waals surface area contributed by atoms with E-state index in [1.54, 1.807) is 35.2 Å². The van der Waals surface area contributed by atoms with Crippen LogP contribution in [0.2, 0.25) is 15.1 Å². The Morgan fingerprint density at radius 1 is 0.857 bits per heavy atom. The van der Waals surface area contributed by atoms with Gasteiger partial charge in [0.15, 0.2) is 0 Å². The molecule has 1 N–H and O–H groups in total. The Labute approximate surface area is 222 Å². The minimum absolute atomic E-state index is 0.0952. The van der Waals surface area contributed by atoms with Crippen molar-refractivity contribution in [3.63, 3.8) is 0 Å². The van der Waals surface area contributed by atoms with Gasteiger partial charge in [0.2, 0.25) is 11.8 Å². The fraction of sp³-hybridized carbons (Fsp3) is 0.286. The van der Waals surface area contributed by atoms with Crippen LogP contribution in [0.15, 0.2) is 72.8 Å². The third-order valence-electron chi connectivity index (χ3n) is 5.71. The number of nitrogens with zero attached hydrogens (tertiary/aromatic N) is 1. The molecule has 0 spiro atoms. The fourth-order valence-corrected chi connectivity index (χ4v) is 4.22. The normalized spacial score (nSPS) is 11.7. The van der Waals surface area contributed by atoms with Crippen molar-refractivity contribution in [1.29, 1.82) is 0 Å². The second-order valence-corrected chi connectivity index (χ2v) is 9.67. The highest BCUT2D eigenvalue weighted by atomic mass is 35.5. The number of unbranched alkanes of at least 4 members (excludes halogenated alkanes) is 1. The van der Waals surface area contributed by atoms with Crippen molar-refractivity contribution in [3.05, 3.63) is 105 Å². The van der Waals surface area contributed by atoms with Crippen LogP contribution in [0, 0.1) is 0 Å². The topological polar surface area (TPSA) is 49.4 Å². The van der Waals surface area contributed by atoms with Crippen molar-refractivity contribution in [2.45, 2.75) is 45.2 Å². The Kier molecular flexibility index (Phi) is 10.5. The van der Waals surface area contributed by atoms with E-state index in [0.29, 0.717) is 28.0 Å². The Balaban J connectivity index is 1.94. The first-order valence-electron chi connectivity index (χ1n) is 11.7. The molecule has 2 amide bonds. The van der Waals surface area contributed by atoms with Gasteiger partial charge in [0, 0.05) is 24.5 Å². The van der Waals surface area contributed by atoms with Gasteiger partial charge in [0.25, 0.3) is 0 Å². The molecule has 1 unspecified atom stereocenters. The van der Waals surface area contributed by atoms with Gasteiger partial charge in [0.05, 0.1) is 16.5 Å². The molecule has 0 radical (unpaired) electrons. The van der Waals surface area contributed by atoms with Crippen molar-refractivity contribution < 1.29 is 9.59 Å². The van der Waals surface area contributed by atoms with Gasteiger partial charge in [-0.1, -0.05) is 96.7 Å². The number of hydrogen-bond acceptors (Lipinski definition) is 2. The highest BCUT2D eigenvalue weighted by molar-refractivity contribution is 6.42. The number of rotatable bonds is 11. The third-order valence-corrected chi connectivity index (χ3v) is 6.70. The summed E-state index contributed by atoms with van der Waals surface area (Å²) in [7, 11) is 0. The van der Waals surface area contributed by atoms with E-state index in [0.717, 1.165) is 29.5 Å². The zero-order chi connectivity index (χ0) is 25.2. The van der Waals surface area contributed by atoms with Gasteiger partial charge in [-0.3, -0.25) is 9.59 Å². The van der Waals surface area contributed by atoms with Crippen LogP contribution in [0.4, 0.5) is 0 Å². The maximum absolute atomic E-state index is 13.7. The lowest BCUT2D eigenvalue weighted by atomic mass is 10.0. The SMILES string of the molecule is CCCCNC(=O)C(Cc1ccccc1)N(Cc1ccc(Cl)cc1)C(=O)Cc1ccc(Cl)c(Cl)c1. The average molecular weight is 532 g/mol. The second-order valence-electron chi connectivity index (χ2n) is 8.42. The predicted octanol–water partition coefficient (Wildman–Crippen LogP) is 6.75. The summed E-state index contributed by atoms with van der Waals surface area (Å²) < 4.78 is 0. The molecule has 0 aromatic heterocycles. The molecular formula is C28H29Cl3N2O2. The largest absolute Gasteiger partial charge is 0.354 e. The summed E-state index contributed by atoms with van der Waals surface area (Å²) in [6.07, 6.45) is 2.34. The molecule has 0 saturated carbocycles. The number of carbonyl (C=O) groups is 2. The van der Waals surface area contributed by atoms with Crippen LogP contribution < -0.4 is 5.32 Å². The van der Waals surface area contributed by atoms with Crippen molar-refractivity contribution >= 4 is 46.6 Å². The summed E-state index contributed by atoms with van der Waals surface area (Å²) in [5, 5.41) is 4.45. The first-order chi connectivity index (χ1) is 16.9. The van der Waals surface area contributed by atoms with Gasteiger partial charge in [0.1, 0.15) is 6.04 Å². The van der Waals surface area contributed by atoms with Crippen LogP contribution in [0.3, 0.4) is 0 Å². The molecule has 3 rings (SSSR count). The van der Waals surface area contributed by atoms with Crippen LogP contribution in [-0.2, 0) is 29.0 Å². The highest BCUT2D eigenvalue weighted by Gasteiger charge is 2.30. The molecule has 7 heteroatoms. The van der Waals surface area contributed by atoms with Crippen molar-refractivity contribution in [2.24, 2.45) is 0 Å². The van der Waals surface area contributed by atoms with E-state index >= 15 is 0 Å². The summed E-state index contributed by atoms with van der Waals surface area (Å²) in [4.78, 5) is 28.7. The molecule has 0 aliphatic heterocycles. The minimum Gasteiger partial charge on any atom is -0.354 e. The van der Waals surface area contributed by atoms with E-state index in [9.17, 15) is 9.59 Å². The fourth-order valence-electron chi connectivity index (χ4n) is 3.77. The van der Waals surface area contributed by atoms with Crippen molar-refractivity contribution in [2.75, 3.05) is 6.54 Å². The smallest absolute Gasteiger partial charge is 0.243 e. The van der Waals surface area contributed by atoms with E-state index in [2.05, 4.69) is 12.2 Å². The van der Waals surface area contributed by atoms with Crippen LogP contribution in [0.5, 0.6) is 0 Å². The number of carbonyl (C=O) groups excluding carboxylic acids is 2. The van der Waals surface area contributed by atoms with Gasteiger partial charge in [-0.2, -0.15) is 0 Å². The molecule has 0 saturated heterocycles. The lowest BCUT2D eigenvalue weighted by Crippen LogP contribution is -2.51. The Morgan fingerprint density at radius 3 is 2.20 bits per heavy atom. The molecule has 3 aromatic rings. The maximum atomic E-state index is 13.7. The molecule has 0 bridgehead atoms. The quantitative estimate of drug-likeness (QED) is 0.278. The monoisotopic (exact) mass is 530 g/mol. The lowest BCUT2D eigenvalue weighted by molar-refractivity contribution is -0.140. The zero-order valence-electron chi connectivity index (χ0n) is 19.6. The van der Waals surface area contributed by atoms with Gasteiger partial charge < -0.3 is 10.2 Å². The summed E-state index contributed by atoms with van der Waals surface area (Å²) in [5.41, 5.74) is 2.60. The van der Waals surface area contributed by atoms with E-state index in [1.807, 2.05) is 42.5 Å². The number of benzene rings is 3. The van der Waals surface area contributed by atoms with Crippen LogP contribution in [0.25, 0.3) is 0 Å². The first kappa shape index (κ1) is 27.1. The summed E-state index contributed by atoms with van der Waals surface area (Å²) >= 11 is 18.3. The van der Waals surface area contributed by atoms with Gasteiger partial charge in [-0.15, -0.1) is 0 Å². The molecule has 1 atom stereocenters. The van der Waals surface area contributed by atoms with Crippen LogP contribution >= 0.6 is 34.8 Å². The van der Waals surface area contributed by atoms with Crippen LogP contribution in [-0.4, -0.2) is 29.3 Å². The van der Waals surface area contributed by atoms with Gasteiger partial charge in [-0.25, -0.2) is 0 Å². The van der Waals surface area contributed by atoms with E-state index in [4.69, 9.17) is 34.8 Å². The Bertz CT molecular complexity index is 1120. The number of amides is 2. The van der Waals surface area contributed by atoms with Crippen molar-refractivity contribution in [1.82, 2.24) is 10.2 Å². The molecule has 3 aromatic carbocycles. The summed E-state index contributed by atoms with van der Waals surface area (Å²) in [5.74, 6) is -0.344. The maximum Gasteiger partial charge on any atom is 0.243 e. The number of hydrogen-bond donors (Lipinski definition) is 1. The lowest BCUT2D eigenvalue weighted by Gasteiger charge is -2.32. The molecular weight excluding hydrogens is 503 g/mol. The Hall–Kier alpha value is -2.53. The summed E-state index contributed by atoms with van der Waals surface area (Å²) in [6, 6.07) is 21.5. The molecule has 0 fully saturated rings. The van der Waals surface area contributed by atoms with Gasteiger partial charge >= 0.3 is 0 Å². The highest BCUT2D eigenvalue weighted by Crippen LogP contribution is 2.24. The number of halogens is 3. The first-order valence-corrected chi connectivity index (χ1v) is 12.8. The molecule has 0 heterocycles. The zero-order valence-corrected chi connectivity index (χ0v) is 21.9. The van der Waals surface area contributed by atoms with Crippen LogP contribution in [0.1, 0.15) is 36.5 Å². The second kappa shape index (κ2) is 13.5. The van der Waals surface area contributed by atoms with Crippen molar-refractivity contribution in [3.8, 4) is 0 Å².